The highest BCUT2D eigenvalue weighted by Gasteiger charge is 2.35. The number of carbonyl (C=O) groups excluding carboxylic acids is 2. The Kier molecular flexibility index (Phi) is 5.97. The number of amides is 2. The fourth-order valence-corrected chi connectivity index (χ4v) is 3.24. The second kappa shape index (κ2) is 8.87. The fraction of sp³-hybridized carbons (Fsp3) is 0.0435. The zero-order valence-electron chi connectivity index (χ0n) is 16.6. The lowest BCUT2D eigenvalue weighted by molar-refractivity contribution is -0.136. The Labute approximate surface area is 190 Å². The number of benzene rings is 2. The third-order valence-electron chi connectivity index (χ3n) is 4.55. The molecule has 0 radical (unpaired) electrons. The monoisotopic (exact) mass is 474 g/mol. The van der Waals surface area contributed by atoms with Crippen LogP contribution in [-0.2, 0) is 6.18 Å². The van der Waals surface area contributed by atoms with Crippen molar-refractivity contribution in [1.29, 1.82) is 0 Å². The Morgan fingerprint density at radius 1 is 0.848 bits per heavy atom. The van der Waals surface area contributed by atoms with Crippen LogP contribution in [0.4, 0.5) is 24.5 Å². The molecule has 2 N–H and O–H groups in total. The molecule has 4 aromatic rings. The van der Waals surface area contributed by atoms with E-state index >= 15 is 0 Å². The summed E-state index contributed by atoms with van der Waals surface area (Å²) in [5.41, 5.74) is -1.24. The van der Waals surface area contributed by atoms with Gasteiger partial charge in [-0.3, -0.25) is 9.59 Å². The van der Waals surface area contributed by atoms with Crippen molar-refractivity contribution in [1.82, 2.24) is 0 Å². The first kappa shape index (κ1) is 22.2. The smallest absolute Gasteiger partial charge is 0.418 e. The molecule has 0 fully saturated rings. The van der Waals surface area contributed by atoms with Crippen molar-refractivity contribution < 1.29 is 31.6 Å². The number of alkyl halides is 3. The topological polar surface area (TPSA) is 84.5 Å². The Morgan fingerprint density at radius 2 is 1.61 bits per heavy atom. The molecule has 0 saturated carbocycles. The van der Waals surface area contributed by atoms with E-state index in [1.54, 1.807) is 24.3 Å². The van der Waals surface area contributed by atoms with Crippen LogP contribution in [0.3, 0.4) is 0 Å². The van der Waals surface area contributed by atoms with E-state index in [1.807, 2.05) is 0 Å². The van der Waals surface area contributed by atoms with E-state index in [9.17, 15) is 22.8 Å². The summed E-state index contributed by atoms with van der Waals surface area (Å²) in [6, 6.07) is 15.4. The summed E-state index contributed by atoms with van der Waals surface area (Å²) in [5, 5.41) is 4.92. The number of halogens is 4. The van der Waals surface area contributed by atoms with Crippen LogP contribution in [0.25, 0.3) is 11.3 Å². The predicted molar refractivity (Wildman–Crippen MR) is 115 cm³/mol. The van der Waals surface area contributed by atoms with E-state index in [4.69, 9.17) is 20.4 Å². The van der Waals surface area contributed by atoms with Gasteiger partial charge in [0.25, 0.3) is 11.8 Å². The number of carbonyl (C=O) groups is 2. The molecule has 2 heterocycles. The molecule has 33 heavy (non-hydrogen) atoms. The van der Waals surface area contributed by atoms with Gasteiger partial charge in [0.05, 0.1) is 22.5 Å². The summed E-state index contributed by atoms with van der Waals surface area (Å²) in [5.74, 6) is -1.57. The quantitative estimate of drug-likeness (QED) is 0.336. The maximum absolute atomic E-state index is 13.6. The van der Waals surface area contributed by atoms with Gasteiger partial charge < -0.3 is 19.5 Å². The van der Waals surface area contributed by atoms with E-state index in [0.717, 1.165) is 6.07 Å². The molecule has 0 saturated heterocycles. The molecule has 2 aromatic carbocycles. The maximum atomic E-state index is 13.6. The SMILES string of the molecule is O=C(Nc1ccc(NC(=O)c2ccc(-c3ccccc3Cl)o2)c(C(F)(F)F)c1)c1ccco1. The van der Waals surface area contributed by atoms with Gasteiger partial charge in [-0.1, -0.05) is 23.7 Å². The van der Waals surface area contributed by atoms with Crippen molar-refractivity contribution in [2.24, 2.45) is 0 Å². The van der Waals surface area contributed by atoms with Crippen LogP contribution in [0.5, 0.6) is 0 Å². The minimum Gasteiger partial charge on any atom is -0.459 e. The summed E-state index contributed by atoms with van der Waals surface area (Å²) in [4.78, 5) is 24.6. The van der Waals surface area contributed by atoms with Gasteiger partial charge in [-0.25, -0.2) is 0 Å². The van der Waals surface area contributed by atoms with Gasteiger partial charge in [0.15, 0.2) is 11.5 Å². The maximum Gasteiger partial charge on any atom is 0.418 e. The predicted octanol–water partition coefficient (Wildman–Crippen LogP) is 6.72. The molecule has 168 valence electrons. The lowest BCUT2D eigenvalue weighted by Gasteiger charge is -2.15. The molecule has 0 spiro atoms. The number of hydrogen-bond acceptors (Lipinski definition) is 4. The molecule has 2 amide bonds. The normalized spacial score (nSPS) is 11.3. The summed E-state index contributed by atoms with van der Waals surface area (Å²) in [7, 11) is 0. The number of anilines is 2. The van der Waals surface area contributed by atoms with E-state index in [1.165, 1.54) is 36.6 Å². The highest BCUT2D eigenvalue weighted by Crippen LogP contribution is 2.37. The van der Waals surface area contributed by atoms with Crippen molar-refractivity contribution in [3.05, 3.63) is 95.1 Å². The summed E-state index contributed by atoms with van der Waals surface area (Å²) >= 11 is 6.11. The van der Waals surface area contributed by atoms with Crippen LogP contribution in [0.2, 0.25) is 5.02 Å². The van der Waals surface area contributed by atoms with Gasteiger partial charge in [-0.2, -0.15) is 13.2 Å². The second-order valence-electron chi connectivity index (χ2n) is 6.79. The Hall–Kier alpha value is -3.98. The summed E-state index contributed by atoms with van der Waals surface area (Å²) < 4.78 is 51.3. The van der Waals surface area contributed by atoms with Crippen LogP contribution in [-0.4, -0.2) is 11.8 Å². The molecule has 2 aromatic heterocycles. The molecule has 0 bridgehead atoms. The highest BCUT2D eigenvalue weighted by molar-refractivity contribution is 6.33. The number of hydrogen-bond donors (Lipinski definition) is 2. The molecule has 0 unspecified atom stereocenters. The van der Waals surface area contributed by atoms with Crippen LogP contribution in [0.1, 0.15) is 26.7 Å². The van der Waals surface area contributed by atoms with E-state index in [-0.39, 0.29) is 23.0 Å². The van der Waals surface area contributed by atoms with Crippen molar-refractivity contribution >= 4 is 34.8 Å². The van der Waals surface area contributed by atoms with Crippen molar-refractivity contribution in [2.75, 3.05) is 10.6 Å². The van der Waals surface area contributed by atoms with Crippen molar-refractivity contribution in [3.63, 3.8) is 0 Å². The van der Waals surface area contributed by atoms with Gasteiger partial charge in [0.1, 0.15) is 5.76 Å². The van der Waals surface area contributed by atoms with Crippen LogP contribution >= 0.6 is 11.6 Å². The second-order valence-corrected chi connectivity index (χ2v) is 7.19. The first-order valence-electron chi connectivity index (χ1n) is 9.44. The van der Waals surface area contributed by atoms with Gasteiger partial charge in [0.2, 0.25) is 0 Å². The number of rotatable bonds is 5. The number of nitrogens with one attached hydrogen (secondary N) is 2. The zero-order chi connectivity index (χ0) is 23.6. The van der Waals surface area contributed by atoms with Crippen LogP contribution < -0.4 is 10.6 Å². The standard InChI is InChI=1S/C23H14ClF3N2O4/c24-16-5-2-1-4-14(16)18-9-10-20(33-18)22(31)29-17-8-7-13(12-15(17)23(25,26)27)28-21(30)19-6-3-11-32-19/h1-12H,(H,28,30)(H,29,31). The molecular formula is C23H14ClF3N2O4. The fourth-order valence-electron chi connectivity index (χ4n) is 3.02. The molecule has 0 aliphatic rings. The molecule has 0 aliphatic heterocycles. The number of furan rings is 2. The lowest BCUT2D eigenvalue weighted by atomic mass is 10.1. The first-order chi connectivity index (χ1) is 15.7. The first-order valence-corrected chi connectivity index (χ1v) is 9.82. The van der Waals surface area contributed by atoms with Gasteiger partial charge >= 0.3 is 6.18 Å². The summed E-state index contributed by atoms with van der Waals surface area (Å²) in [6.07, 6.45) is -3.54. The van der Waals surface area contributed by atoms with Crippen molar-refractivity contribution in [3.8, 4) is 11.3 Å². The van der Waals surface area contributed by atoms with E-state index in [2.05, 4.69) is 10.6 Å². The minimum absolute atomic E-state index is 0.0620. The third kappa shape index (κ3) is 4.93. The third-order valence-corrected chi connectivity index (χ3v) is 4.87. The summed E-state index contributed by atoms with van der Waals surface area (Å²) in [6.45, 7) is 0. The largest absolute Gasteiger partial charge is 0.459 e. The van der Waals surface area contributed by atoms with Crippen LogP contribution in [0.15, 0.2) is 81.8 Å². The molecule has 4 rings (SSSR count). The Balaban J connectivity index is 1.56. The molecule has 10 heteroatoms. The minimum atomic E-state index is -4.81. The zero-order valence-corrected chi connectivity index (χ0v) is 17.3. The average molecular weight is 475 g/mol. The average Bonchev–Trinajstić information content (AvgIpc) is 3.47. The Bertz CT molecular complexity index is 1310. The molecule has 6 nitrogen and oxygen atoms in total. The van der Waals surface area contributed by atoms with Gasteiger partial charge in [-0.05, 0) is 54.6 Å². The van der Waals surface area contributed by atoms with E-state index in [0.29, 0.717) is 16.7 Å². The Morgan fingerprint density at radius 3 is 2.30 bits per heavy atom. The lowest BCUT2D eigenvalue weighted by Crippen LogP contribution is -2.17. The van der Waals surface area contributed by atoms with E-state index < -0.39 is 29.2 Å². The highest BCUT2D eigenvalue weighted by atomic mass is 35.5. The van der Waals surface area contributed by atoms with Crippen LogP contribution in [0, 0.1) is 0 Å². The van der Waals surface area contributed by atoms with Crippen molar-refractivity contribution in [2.45, 2.75) is 6.18 Å². The molecular weight excluding hydrogens is 461 g/mol. The molecule has 0 aliphatic carbocycles. The van der Waals surface area contributed by atoms with Gasteiger partial charge in [0, 0.05) is 11.3 Å². The van der Waals surface area contributed by atoms with Gasteiger partial charge in [-0.15, -0.1) is 0 Å². The molecule has 0 atom stereocenters.